The van der Waals surface area contributed by atoms with E-state index in [0.29, 0.717) is 13.1 Å². The van der Waals surface area contributed by atoms with Crippen LogP contribution in [-0.4, -0.2) is 102 Å². The Kier molecular flexibility index (Phi) is 11.7. The number of hydrogen-bond donors (Lipinski definition) is 3. The zero-order valence-corrected chi connectivity index (χ0v) is 32.7. The Hall–Kier alpha value is -5.75. The maximum Gasteiger partial charge on any atom is 0.407 e. The number of carboxylic acid groups (broad SMARTS) is 1. The molecule has 0 radical (unpaired) electrons. The number of H-pyrrole nitrogens is 2. The van der Waals surface area contributed by atoms with Crippen molar-refractivity contribution in [2.75, 3.05) is 33.2 Å². The van der Waals surface area contributed by atoms with Crippen molar-refractivity contribution >= 4 is 17.9 Å². The Labute approximate surface area is 328 Å². The quantitative estimate of drug-likeness (QED) is 0.111. The van der Waals surface area contributed by atoms with Crippen molar-refractivity contribution in [3.63, 3.8) is 0 Å². The minimum absolute atomic E-state index is 0.0648. The van der Waals surface area contributed by atoms with Gasteiger partial charge in [0.05, 0.1) is 35.9 Å². The third-order valence-electron chi connectivity index (χ3n) is 11.6. The van der Waals surface area contributed by atoms with Crippen LogP contribution in [0.25, 0.3) is 33.6 Å². The second-order valence-electron chi connectivity index (χ2n) is 14.9. The summed E-state index contributed by atoms with van der Waals surface area (Å²) in [6.45, 7) is 8.89. The zero-order chi connectivity index (χ0) is 39.3. The zero-order valence-electron chi connectivity index (χ0n) is 32.7. The van der Waals surface area contributed by atoms with E-state index >= 15 is 0 Å². The minimum atomic E-state index is -1.05. The molecule has 5 aromatic rings. The van der Waals surface area contributed by atoms with E-state index < -0.39 is 12.1 Å². The van der Waals surface area contributed by atoms with Crippen LogP contribution in [0.3, 0.4) is 0 Å². The Morgan fingerprint density at radius 3 is 1.73 bits per heavy atom. The van der Waals surface area contributed by atoms with Gasteiger partial charge >= 0.3 is 6.09 Å². The van der Waals surface area contributed by atoms with Gasteiger partial charge in [-0.3, -0.25) is 14.5 Å². The number of aromatic nitrogens is 4. The highest BCUT2D eigenvalue weighted by Gasteiger charge is 2.38. The maximum absolute atomic E-state index is 14.2. The Morgan fingerprint density at radius 2 is 1.23 bits per heavy atom. The first-order chi connectivity index (χ1) is 27.2. The number of likely N-dealkylation sites (N-methyl/N-ethyl adjacent to an activating group) is 1. The molecule has 2 aliphatic rings. The standard InChI is InChI=1S/C44H52N8O4/c1-5-50(6-2)40(34-12-8-7-9-13-34)43(54)52-25-11-15-38(52)42-46-28-36(48-42)33-22-18-31(19-23-33)30-16-20-32(21-17-30)35-27-45-41(47-35)37-14-10-24-51(37)39(53)26-29(3)49(4)44(55)56/h7-9,12-13,16-23,27-29,37-38,40H,5-6,10-11,14-15,24-26H2,1-4H3,(H,45,47)(H,46,48)(H,55,56)/t29-,37-,38-,40+/m0/s1. The fourth-order valence-corrected chi connectivity index (χ4v) is 8.24. The van der Waals surface area contributed by atoms with E-state index in [2.05, 4.69) is 94.4 Å². The highest BCUT2D eigenvalue weighted by molar-refractivity contribution is 5.84. The fourth-order valence-electron chi connectivity index (χ4n) is 8.24. The fraction of sp³-hybridized carbons (Fsp3) is 0.386. The van der Waals surface area contributed by atoms with Crippen molar-refractivity contribution in [2.24, 2.45) is 0 Å². The van der Waals surface area contributed by atoms with Gasteiger partial charge in [0.1, 0.15) is 17.7 Å². The number of aromatic amines is 2. The Bertz CT molecular complexity index is 2110. The maximum atomic E-state index is 14.2. The molecule has 2 fully saturated rings. The minimum Gasteiger partial charge on any atom is -0.465 e. The third-order valence-corrected chi connectivity index (χ3v) is 11.6. The van der Waals surface area contributed by atoms with Gasteiger partial charge in [-0.15, -0.1) is 0 Å². The number of hydrogen-bond acceptors (Lipinski definition) is 6. The van der Waals surface area contributed by atoms with Crippen LogP contribution in [0.1, 0.15) is 88.2 Å². The first-order valence-electron chi connectivity index (χ1n) is 19.8. The molecule has 4 heterocycles. The van der Waals surface area contributed by atoms with Crippen molar-refractivity contribution in [1.29, 1.82) is 0 Å². The summed E-state index contributed by atoms with van der Waals surface area (Å²) in [4.78, 5) is 62.4. The third kappa shape index (κ3) is 7.97. The number of nitrogens with zero attached hydrogens (tertiary/aromatic N) is 6. The molecule has 2 saturated heterocycles. The van der Waals surface area contributed by atoms with Crippen LogP contribution in [0, 0.1) is 0 Å². The first kappa shape index (κ1) is 38.5. The van der Waals surface area contributed by atoms with Gasteiger partial charge in [0, 0.05) is 32.6 Å². The van der Waals surface area contributed by atoms with Crippen molar-refractivity contribution < 1.29 is 19.5 Å². The van der Waals surface area contributed by atoms with Gasteiger partial charge in [-0.2, -0.15) is 0 Å². The summed E-state index contributed by atoms with van der Waals surface area (Å²) >= 11 is 0. The summed E-state index contributed by atoms with van der Waals surface area (Å²) in [5.74, 6) is 1.63. The lowest BCUT2D eigenvalue weighted by Crippen LogP contribution is -2.43. The number of amides is 3. The average molecular weight is 757 g/mol. The predicted molar refractivity (Wildman–Crippen MR) is 216 cm³/mol. The molecule has 7 rings (SSSR count). The summed E-state index contributed by atoms with van der Waals surface area (Å²) in [7, 11) is 1.49. The number of carbonyl (C=O) groups excluding carboxylic acids is 2. The lowest BCUT2D eigenvalue weighted by Gasteiger charge is -2.34. The molecule has 2 aromatic heterocycles. The highest BCUT2D eigenvalue weighted by atomic mass is 16.4. The molecule has 12 heteroatoms. The van der Waals surface area contributed by atoms with Crippen molar-refractivity contribution in [2.45, 2.75) is 77.0 Å². The van der Waals surface area contributed by atoms with Gasteiger partial charge in [-0.25, -0.2) is 14.8 Å². The van der Waals surface area contributed by atoms with Gasteiger partial charge in [0.15, 0.2) is 0 Å². The number of likely N-dealkylation sites (tertiary alicyclic amines) is 2. The molecule has 0 unspecified atom stereocenters. The lowest BCUT2D eigenvalue weighted by molar-refractivity contribution is -0.138. The van der Waals surface area contributed by atoms with Crippen LogP contribution in [0.5, 0.6) is 0 Å². The summed E-state index contributed by atoms with van der Waals surface area (Å²) < 4.78 is 0. The molecule has 0 aliphatic carbocycles. The molecule has 292 valence electrons. The SMILES string of the molecule is CCN(CC)[C@@H](C(=O)N1CCC[C@H]1c1ncc(-c2ccc(-c3ccc(-c4cnc([C@@H]5CCCN5C(=O)C[C@H](C)N(C)C(=O)O)[nH]4)cc3)cc2)[nH]1)c1ccccc1. The summed E-state index contributed by atoms with van der Waals surface area (Å²) in [6, 6.07) is 25.9. The first-order valence-corrected chi connectivity index (χ1v) is 19.8. The molecule has 56 heavy (non-hydrogen) atoms. The Balaban J connectivity index is 1.00. The lowest BCUT2D eigenvalue weighted by atomic mass is 10.0. The second kappa shape index (κ2) is 16.9. The monoisotopic (exact) mass is 756 g/mol. The number of rotatable bonds is 13. The smallest absolute Gasteiger partial charge is 0.407 e. The second-order valence-corrected chi connectivity index (χ2v) is 14.9. The van der Waals surface area contributed by atoms with Crippen molar-refractivity contribution in [1.82, 2.24) is 39.5 Å². The summed E-state index contributed by atoms with van der Waals surface area (Å²) in [6.07, 6.45) is 6.27. The van der Waals surface area contributed by atoms with Crippen LogP contribution in [0.15, 0.2) is 91.3 Å². The molecule has 0 saturated carbocycles. The van der Waals surface area contributed by atoms with Crippen LogP contribution in [-0.2, 0) is 9.59 Å². The van der Waals surface area contributed by atoms with Gasteiger partial charge in [-0.1, -0.05) is 92.7 Å². The van der Waals surface area contributed by atoms with E-state index in [1.165, 1.54) is 11.9 Å². The van der Waals surface area contributed by atoms with Gasteiger partial charge in [0.25, 0.3) is 0 Å². The molecule has 2 aliphatic heterocycles. The number of imidazole rings is 2. The number of carbonyl (C=O) groups is 3. The predicted octanol–water partition coefficient (Wildman–Crippen LogP) is 7.93. The molecule has 0 bridgehead atoms. The average Bonchev–Trinajstić information content (AvgIpc) is 4.07. The van der Waals surface area contributed by atoms with Crippen LogP contribution >= 0.6 is 0 Å². The van der Waals surface area contributed by atoms with E-state index in [9.17, 15) is 19.5 Å². The molecule has 3 N–H and O–H groups in total. The summed E-state index contributed by atoms with van der Waals surface area (Å²) in [5.41, 5.74) is 7.01. The topological polar surface area (TPSA) is 142 Å². The van der Waals surface area contributed by atoms with Gasteiger partial charge in [-0.05, 0) is 73.5 Å². The highest BCUT2D eigenvalue weighted by Crippen LogP contribution is 2.36. The van der Waals surface area contributed by atoms with E-state index in [1.54, 1.807) is 6.92 Å². The van der Waals surface area contributed by atoms with E-state index in [-0.39, 0.29) is 36.4 Å². The molecule has 3 amide bonds. The van der Waals surface area contributed by atoms with E-state index in [1.807, 2.05) is 40.4 Å². The normalized spacial score (nSPS) is 18.0. The molecule has 0 spiro atoms. The number of nitrogens with one attached hydrogen (secondary N) is 2. The van der Waals surface area contributed by atoms with Gasteiger partial charge < -0.3 is 29.8 Å². The Morgan fingerprint density at radius 1 is 0.750 bits per heavy atom. The molecule has 3 aromatic carbocycles. The van der Waals surface area contributed by atoms with E-state index in [0.717, 1.165) is 89.6 Å². The van der Waals surface area contributed by atoms with Crippen LogP contribution in [0.2, 0.25) is 0 Å². The molecule has 12 nitrogen and oxygen atoms in total. The van der Waals surface area contributed by atoms with Crippen molar-refractivity contribution in [3.8, 4) is 33.6 Å². The molecular formula is C44H52N8O4. The number of benzene rings is 3. The largest absolute Gasteiger partial charge is 0.465 e. The van der Waals surface area contributed by atoms with Crippen LogP contribution < -0.4 is 0 Å². The van der Waals surface area contributed by atoms with Crippen molar-refractivity contribution in [3.05, 3.63) is 108 Å². The molecular weight excluding hydrogens is 705 g/mol. The van der Waals surface area contributed by atoms with E-state index in [4.69, 9.17) is 4.98 Å². The van der Waals surface area contributed by atoms with Crippen LogP contribution in [0.4, 0.5) is 4.79 Å². The molecule has 4 atom stereocenters. The van der Waals surface area contributed by atoms with Gasteiger partial charge in [0.2, 0.25) is 11.8 Å². The summed E-state index contributed by atoms with van der Waals surface area (Å²) in [5, 5.41) is 9.29.